The zero-order valence-corrected chi connectivity index (χ0v) is 12.1. The van der Waals surface area contributed by atoms with E-state index >= 15 is 0 Å². The molecule has 2 rings (SSSR count). The number of hydrogen-bond acceptors (Lipinski definition) is 7. The van der Waals surface area contributed by atoms with Crippen molar-refractivity contribution < 1.29 is 18.4 Å². The number of nitro groups is 1. The molecule has 21 heavy (non-hydrogen) atoms. The highest BCUT2D eigenvalue weighted by atomic mass is 32.2. The minimum absolute atomic E-state index is 0.0162. The molecule has 0 bridgehead atoms. The lowest BCUT2D eigenvalue weighted by molar-refractivity contribution is -0.384. The highest BCUT2D eigenvalue weighted by Crippen LogP contribution is 2.31. The van der Waals surface area contributed by atoms with Crippen molar-refractivity contribution in [2.24, 2.45) is 5.84 Å². The summed E-state index contributed by atoms with van der Waals surface area (Å²) in [6, 6.07) is 3.35. The molecule has 1 aliphatic rings. The van der Waals surface area contributed by atoms with Crippen LogP contribution in [-0.4, -0.2) is 41.4 Å². The molecule has 0 radical (unpaired) electrons. The van der Waals surface area contributed by atoms with Gasteiger partial charge in [-0.15, -0.1) is 0 Å². The number of nitrogen functional groups attached to an aromatic ring is 1. The first-order valence-corrected chi connectivity index (χ1v) is 7.59. The first kappa shape index (κ1) is 15.6. The highest BCUT2D eigenvalue weighted by molar-refractivity contribution is 7.89. The van der Waals surface area contributed by atoms with E-state index in [1.54, 1.807) is 6.92 Å². The van der Waals surface area contributed by atoms with E-state index in [2.05, 4.69) is 5.43 Å². The molecule has 1 aromatic carbocycles. The van der Waals surface area contributed by atoms with Crippen LogP contribution >= 0.6 is 0 Å². The van der Waals surface area contributed by atoms with Crippen LogP contribution in [0.4, 0.5) is 11.4 Å². The number of sulfonamides is 1. The molecule has 1 unspecified atom stereocenters. The second-order valence-corrected chi connectivity index (χ2v) is 7.10. The molecule has 1 aliphatic heterocycles. The van der Waals surface area contributed by atoms with Gasteiger partial charge in [0.25, 0.3) is 5.69 Å². The molecule has 9 nitrogen and oxygen atoms in total. The number of nitrogens with one attached hydrogen (secondary N) is 1. The third-order valence-electron chi connectivity index (χ3n) is 3.37. The Hall–Kier alpha value is -1.75. The first-order valence-electron chi connectivity index (χ1n) is 6.15. The number of aliphatic hydroxyl groups is 1. The maximum atomic E-state index is 12.4. The summed E-state index contributed by atoms with van der Waals surface area (Å²) in [7, 11) is -3.83. The maximum Gasteiger partial charge on any atom is 0.293 e. The highest BCUT2D eigenvalue weighted by Gasteiger charge is 2.38. The molecule has 0 aliphatic carbocycles. The number of anilines is 1. The zero-order valence-electron chi connectivity index (χ0n) is 11.3. The van der Waals surface area contributed by atoms with Crippen LogP contribution in [0.5, 0.6) is 0 Å². The number of nitrogens with two attached hydrogens (primary N) is 1. The largest absolute Gasteiger partial charge is 0.389 e. The lowest BCUT2D eigenvalue weighted by atomic mass is 10.1. The van der Waals surface area contributed by atoms with Gasteiger partial charge in [0.1, 0.15) is 5.69 Å². The summed E-state index contributed by atoms with van der Waals surface area (Å²) >= 11 is 0. The van der Waals surface area contributed by atoms with Crippen LogP contribution in [0.3, 0.4) is 0 Å². The van der Waals surface area contributed by atoms with Crippen LogP contribution in [0.25, 0.3) is 0 Å². The summed E-state index contributed by atoms with van der Waals surface area (Å²) in [5.74, 6) is 5.19. The van der Waals surface area contributed by atoms with Crippen LogP contribution in [0, 0.1) is 10.1 Å². The van der Waals surface area contributed by atoms with Gasteiger partial charge in [0.15, 0.2) is 0 Å². The summed E-state index contributed by atoms with van der Waals surface area (Å²) < 4.78 is 26.0. The van der Waals surface area contributed by atoms with Gasteiger partial charge in [-0.05, 0) is 25.5 Å². The molecule has 1 saturated heterocycles. The topological polar surface area (TPSA) is 139 Å². The van der Waals surface area contributed by atoms with Crippen molar-refractivity contribution >= 4 is 21.4 Å². The van der Waals surface area contributed by atoms with Crippen LogP contribution in [-0.2, 0) is 10.0 Å². The van der Waals surface area contributed by atoms with Gasteiger partial charge in [0.05, 0.1) is 15.4 Å². The molecule has 116 valence electrons. The Morgan fingerprint density at radius 3 is 2.67 bits per heavy atom. The van der Waals surface area contributed by atoms with Gasteiger partial charge in [-0.1, -0.05) is 0 Å². The zero-order chi connectivity index (χ0) is 15.8. The maximum absolute atomic E-state index is 12.4. The molecule has 1 aromatic rings. The van der Waals surface area contributed by atoms with Crippen molar-refractivity contribution in [3.63, 3.8) is 0 Å². The molecule has 1 fully saturated rings. The number of hydrogen-bond donors (Lipinski definition) is 3. The number of benzene rings is 1. The second-order valence-electron chi connectivity index (χ2n) is 5.17. The average Bonchev–Trinajstić information content (AvgIpc) is 2.78. The van der Waals surface area contributed by atoms with Gasteiger partial charge in [-0.2, -0.15) is 4.31 Å². The molecule has 0 saturated carbocycles. The smallest absolute Gasteiger partial charge is 0.293 e. The summed E-state index contributed by atoms with van der Waals surface area (Å²) in [6.07, 6.45) is 0.335. The van der Waals surface area contributed by atoms with Gasteiger partial charge in [-0.25, -0.2) is 8.42 Å². The predicted octanol–water partition coefficient (Wildman–Crippen LogP) is 0.0258. The predicted molar refractivity (Wildman–Crippen MR) is 74.9 cm³/mol. The van der Waals surface area contributed by atoms with E-state index in [1.807, 2.05) is 0 Å². The standard InChI is InChI=1S/C11H16N4O5S/c1-11(16)4-5-14(7-11)21(19,20)8-2-3-10(15(17)18)9(6-8)13-12/h2-3,6,13,16H,4-5,7,12H2,1H3. The van der Waals surface area contributed by atoms with Gasteiger partial charge >= 0.3 is 0 Å². The fourth-order valence-corrected chi connectivity index (χ4v) is 3.79. The first-order chi connectivity index (χ1) is 9.67. The monoisotopic (exact) mass is 316 g/mol. The Kier molecular flexibility index (Phi) is 3.89. The van der Waals surface area contributed by atoms with E-state index in [0.717, 1.165) is 22.5 Å². The van der Waals surface area contributed by atoms with Gasteiger partial charge < -0.3 is 10.5 Å². The van der Waals surface area contributed by atoms with Crippen molar-refractivity contribution in [3.05, 3.63) is 28.3 Å². The third kappa shape index (κ3) is 2.97. The lowest BCUT2D eigenvalue weighted by Crippen LogP contribution is -2.34. The number of nitrogens with zero attached hydrogens (tertiary/aromatic N) is 2. The molecular formula is C11H16N4O5S. The van der Waals surface area contributed by atoms with Crippen molar-refractivity contribution in [3.8, 4) is 0 Å². The fraction of sp³-hybridized carbons (Fsp3) is 0.455. The molecule has 0 spiro atoms. The quantitative estimate of drug-likeness (QED) is 0.404. The Bertz CT molecular complexity index is 673. The number of nitro benzene ring substituents is 1. The average molecular weight is 316 g/mol. The van der Waals surface area contributed by atoms with Gasteiger partial charge in [0.2, 0.25) is 10.0 Å². The Morgan fingerprint density at radius 1 is 1.52 bits per heavy atom. The molecule has 1 heterocycles. The Morgan fingerprint density at radius 2 is 2.19 bits per heavy atom. The van der Waals surface area contributed by atoms with Crippen LogP contribution in [0.2, 0.25) is 0 Å². The van der Waals surface area contributed by atoms with Crippen molar-refractivity contribution in [2.45, 2.75) is 23.8 Å². The van der Waals surface area contributed by atoms with Gasteiger partial charge in [0, 0.05) is 19.2 Å². The summed E-state index contributed by atoms with van der Waals surface area (Å²) in [4.78, 5) is 10.0. The summed E-state index contributed by atoms with van der Waals surface area (Å²) in [5.41, 5.74) is 0.650. The van der Waals surface area contributed by atoms with Crippen LogP contribution < -0.4 is 11.3 Å². The van der Waals surface area contributed by atoms with Gasteiger partial charge in [-0.3, -0.25) is 16.0 Å². The van der Waals surface area contributed by atoms with E-state index in [-0.39, 0.29) is 29.4 Å². The summed E-state index contributed by atoms with van der Waals surface area (Å²) in [6.45, 7) is 1.74. The molecule has 4 N–H and O–H groups in total. The normalized spacial score (nSPS) is 23.2. The molecular weight excluding hydrogens is 300 g/mol. The molecule has 1 atom stereocenters. The Labute approximate surface area is 121 Å². The number of hydrazine groups is 1. The summed E-state index contributed by atoms with van der Waals surface area (Å²) in [5, 5.41) is 20.7. The van der Waals surface area contributed by atoms with Crippen molar-refractivity contribution in [1.82, 2.24) is 4.31 Å². The second kappa shape index (κ2) is 5.22. The number of β-amino-alcohol motifs (C(OH)–C–C–N with tert-alkyl or cyclic N) is 1. The van der Waals surface area contributed by atoms with E-state index in [9.17, 15) is 23.6 Å². The number of rotatable bonds is 4. The third-order valence-corrected chi connectivity index (χ3v) is 5.22. The lowest BCUT2D eigenvalue weighted by Gasteiger charge is -2.19. The van der Waals surface area contributed by atoms with E-state index < -0.39 is 20.5 Å². The fourth-order valence-electron chi connectivity index (χ4n) is 2.21. The van der Waals surface area contributed by atoms with Crippen molar-refractivity contribution in [1.29, 1.82) is 0 Å². The van der Waals surface area contributed by atoms with Crippen LogP contribution in [0.15, 0.2) is 23.1 Å². The minimum atomic E-state index is -3.83. The van der Waals surface area contributed by atoms with E-state index in [4.69, 9.17) is 5.84 Å². The van der Waals surface area contributed by atoms with E-state index in [0.29, 0.717) is 6.42 Å². The van der Waals surface area contributed by atoms with E-state index in [1.165, 1.54) is 0 Å². The van der Waals surface area contributed by atoms with Crippen molar-refractivity contribution in [2.75, 3.05) is 18.5 Å². The molecule has 0 amide bonds. The molecule has 0 aromatic heterocycles. The Balaban J connectivity index is 2.40. The minimum Gasteiger partial charge on any atom is -0.389 e. The molecule has 10 heteroatoms. The SMILES string of the molecule is CC1(O)CCN(S(=O)(=O)c2ccc([N+](=O)[O-])c(NN)c2)C1. The van der Waals surface area contributed by atoms with Crippen LogP contribution in [0.1, 0.15) is 13.3 Å².